The summed E-state index contributed by atoms with van der Waals surface area (Å²) in [6, 6.07) is 9.25. The molecule has 0 saturated heterocycles. The number of methoxy groups -OCH3 is 1. The Balaban J connectivity index is 1.39. The van der Waals surface area contributed by atoms with Crippen LogP contribution in [0.3, 0.4) is 0 Å². The van der Waals surface area contributed by atoms with E-state index in [1.807, 2.05) is 23.9 Å². The van der Waals surface area contributed by atoms with Gasteiger partial charge in [0.15, 0.2) is 0 Å². The largest absolute Gasteiger partial charge is 0.494 e. The van der Waals surface area contributed by atoms with E-state index >= 15 is 0 Å². The van der Waals surface area contributed by atoms with Gasteiger partial charge in [-0.25, -0.2) is 0 Å². The van der Waals surface area contributed by atoms with Crippen molar-refractivity contribution in [1.82, 2.24) is 9.78 Å². The maximum Gasteiger partial charge on any atom is 0.315 e. The number of pyridine rings is 1. The van der Waals surface area contributed by atoms with Crippen molar-refractivity contribution in [2.24, 2.45) is 0 Å². The zero-order valence-electron chi connectivity index (χ0n) is 18.9. The summed E-state index contributed by atoms with van der Waals surface area (Å²) in [6.45, 7) is 1.89. The van der Waals surface area contributed by atoms with Crippen molar-refractivity contribution in [1.29, 1.82) is 0 Å². The minimum absolute atomic E-state index is 0.118. The Hall–Kier alpha value is -3.33. The number of ether oxygens (including phenoxy) is 1. The summed E-state index contributed by atoms with van der Waals surface area (Å²) in [5.74, 6) is 0.529. The summed E-state index contributed by atoms with van der Waals surface area (Å²) in [5.41, 5.74) is 0.795. The van der Waals surface area contributed by atoms with Gasteiger partial charge in [0.1, 0.15) is 5.75 Å². The predicted octanol–water partition coefficient (Wildman–Crippen LogP) is 3.26. The van der Waals surface area contributed by atoms with Crippen LogP contribution >= 0.6 is 0 Å². The second-order valence-electron chi connectivity index (χ2n) is 9.43. The van der Waals surface area contributed by atoms with Gasteiger partial charge in [0.2, 0.25) is 5.69 Å². The van der Waals surface area contributed by atoms with E-state index in [0.29, 0.717) is 23.3 Å². The number of nitrogens with zero attached hydrogens (tertiary/aromatic N) is 3. The monoisotopic (exact) mass is 452 g/mol. The highest BCUT2D eigenvalue weighted by Gasteiger charge is 2.31. The van der Waals surface area contributed by atoms with Crippen LogP contribution in [0.1, 0.15) is 62.0 Å². The number of hydrogen-bond donors (Lipinski definition) is 4. The lowest BCUT2D eigenvalue weighted by molar-refractivity contribution is -0.894. The molecule has 33 heavy (non-hydrogen) atoms. The number of benzene rings is 1. The number of fused-ring (bicyclic) bond motifs is 1. The van der Waals surface area contributed by atoms with Crippen molar-refractivity contribution in [3.8, 4) is 5.75 Å². The molecule has 174 valence electrons. The van der Waals surface area contributed by atoms with Crippen LogP contribution in [0.25, 0.3) is 10.9 Å². The number of carbonyl (C=O) groups excluding carboxylic acids is 1. The molecule has 2 aliphatic carbocycles. The van der Waals surface area contributed by atoms with Gasteiger partial charge in [0, 0.05) is 23.7 Å². The molecule has 9 heteroatoms. The fourth-order valence-electron chi connectivity index (χ4n) is 4.42. The van der Waals surface area contributed by atoms with E-state index < -0.39 is 11.5 Å². The van der Waals surface area contributed by atoms with Crippen LogP contribution in [0.4, 0.5) is 11.5 Å². The molecular weight excluding hydrogens is 422 g/mol. The molecule has 5 rings (SSSR count). The second kappa shape index (κ2) is 8.22. The summed E-state index contributed by atoms with van der Waals surface area (Å²) in [6.07, 6.45) is 7.31. The zero-order chi connectivity index (χ0) is 23.2. The number of carbonyl (C=O) groups is 1. The number of rotatable bonds is 6. The second-order valence-corrected chi connectivity index (χ2v) is 9.43. The highest BCUT2D eigenvalue weighted by atomic mass is 16.5. The van der Waals surface area contributed by atoms with Crippen LogP contribution < -0.4 is 20.1 Å². The van der Waals surface area contributed by atoms with Gasteiger partial charge in [-0.05, 0) is 68.4 Å². The highest BCUT2D eigenvalue weighted by molar-refractivity contribution is 6.04. The molecule has 2 fully saturated rings. The molecule has 0 bridgehead atoms. The first-order chi connectivity index (χ1) is 15.8. The topological polar surface area (TPSA) is 113 Å². The Morgan fingerprint density at radius 2 is 2.00 bits per heavy atom. The number of aliphatic hydroxyl groups is 1. The lowest BCUT2D eigenvalue weighted by Gasteiger charge is -2.33. The van der Waals surface area contributed by atoms with Gasteiger partial charge in [0.05, 0.1) is 36.0 Å². The van der Waals surface area contributed by atoms with Gasteiger partial charge in [-0.3, -0.25) is 14.8 Å². The van der Waals surface area contributed by atoms with E-state index in [-0.39, 0.29) is 11.7 Å². The predicted molar refractivity (Wildman–Crippen MR) is 123 cm³/mol. The van der Waals surface area contributed by atoms with E-state index in [4.69, 9.17) is 9.84 Å². The van der Waals surface area contributed by atoms with Gasteiger partial charge in [-0.2, -0.15) is 5.10 Å². The van der Waals surface area contributed by atoms with E-state index in [1.165, 1.54) is 0 Å². The van der Waals surface area contributed by atoms with Crippen LogP contribution in [0, 0.1) is 0 Å². The lowest BCUT2D eigenvalue weighted by atomic mass is 9.84. The third kappa shape index (κ3) is 4.45. The van der Waals surface area contributed by atoms with Crippen molar-refractivity contribution in [3.05, 3.63) is 42.2 Å². The number of hydrogen-bond acceptors (Lipinski definition) is 6. The quantitative estimate of drug-likeness (QED) is 0.337. The maximum absolute atomic E-state index is 13.0. The van der Waals surface area contributed by atoms with E-state index in [0.717, 1.165) is 54.2 Å². The minimum Gasteiger partial charge on any atom is -0.494 e. The molecule has 4 N–H and O–H groups in total. The molecule has 1 aromatic carbocycles. The van der Waals surface area contributed by atoms with Gasteiger partial charge in [-0.1, -0.05) is 0 Å². The Morgan fingerprint density at radius 1 is 1.24 bits per heavy atom. The van der Waals surface area contributed by atoms with Gasteiger partial charge < -0.3 is 20.4 Å². The fraction of sp³-hybridized carbons (Fsp3) is 0.458. The Labute approximate surface area is 191 Å². The standard InChI is InChI=1S/C24H29N5O4/c1-24(31)10-8-17(9-11-24)28-14-15-12-19(21(33-2)13-18(15)27-28)26-23(30)20-4-3-5-22(29(20)32)25-16-6-7-16/h3-5,12-14,16-17,31-32H,6-11H2,1-2H3,(H,26,30)/p+1. The molecule has 0 atom stereocenters. The molecular formula is C24H30N5O4+. The minimum atomic E-state index is -0.598. The average molecular weight is 453 g/mol. The summed E-state index contributed by atoms with van der Waals surface area (Å²) < 4.78 is 8.35. The Morgan fingerprint density at radius 3 is 2.70 bits per heavy atom. The molecule has 0 spiro atoms. The zero-order valence-corrected chi connectivity index (χ0v) is 18.9. The van der Waals surface area contributed by atoms with E-state index in [2.05, 4.69) is 10.6 Å². The van der Waals surface area contributed by atoms with Crippen LogP contribution in [-0.4, -0.2) is 44.8 Å². The van der Waals surface area contributed by atoms with Gasteiger partial charge in [-0.15, -0.1) is 0 Å². The first-order valence-electron chi connectivity index (χ1n) is 11.4. The molecule has 2 aromatic heterocycles. The van der Waals surface area contributed by atoms with Crippen LogP contribution in [-0.2, 0) is 0 Å². The Kier molecular flexibility index (Phi) is 5.36. The number of amides is 1. The van der Waals surface area contributed by atoms with E-state index in [1.54, 1.807) is 31.4 Å². The molecule has 2 saturated carbocycles. The fourth-order valence-corrected chi connectivity index (χ4v) is 4.42. The number of nitrogens with one attached hydrogen (secondary N) is 2. The molecule has 0 aliphatic heterocycles. The molecule has 1 amide bonds. The smallest absolute Gasteiger partial charge is 0.315 e. The first kappa shape index (κ1) is 21.5. The maximum atomic E-state index is 13.0. The van der Waals surface area contributed by atoms with Gasteiger partial charge >= 0.3 is 5.82 Å². The summed E-state index contributed by atoms with van der Waals surface area (Å²) in [4.78, 5) is 13.0. The summed E-state index contributed by atoms with van der Waals surface area (Å²) in [7, 11) is 1.55. The van der Waals surface area contributed by atoms with Crippen LogP contribution in [0.5, 0.6) is 5.75 Å². The van der Waals surface area contributed by atoms with Gasteiger partial charge in [0.25, 0.3) is 5.91 Å². The SMILES string of the molecule is COc1cc2nn(C3CCC(C)(O)CC3)cc2cc1NC(=O)c1cccc(NC2CC2)[n+]1O. The lowest BCUT2D eigenvalue weighted by Crippen LogP contribution is -2.42. The average Bonchev–Trinajstić information content (AvgIpc) is 3.51. The molecule has 2 heterocycles. The molecule has 0 unspecified atom stereocenters. The van der Waals surface area contributed by atoms with Crippen molar-refractivity contribution in [2.45, 2.75) is 63.1 Å². The van der Waals surface area contributed by atoms with E-state index in [9.17, 15) is 15.1 Å². The summed E-state index contributed by atoms with van der Waals surface area (Å²) in [5, 5.41) is 32.4. The Bertz CT molecular complexity index is 1190. The normalized spacial score (nSPS) is 22.8. The third-order valence-electron chi connectivity index (χ3n) is 6.62. The van der Waals surface area contributed by atoms with Crippen LogP contribution in [0.15, 0.2) is 36.5 Å². The first-order valence-corrected chi connectivity index (χ1v) is 11.4. The van der Waals surface area contributed by atoms with Crippen molar-refractivity contribution >= 4 is 28.3 Å². The summed E-state index contributed by atoms with van der Waals surface area (Å²) >= 11 is 0. The number of anilines is 2. The highest BCUT2D eigenvalue weighted by Crippen LogP contribution is 2.36. The third-order valence-corrected chi connectivity index (χ3v) is 6.62. The molecule has 2 aliphatic rings. The number of aromatic nitrogens is 3. The van der Waals surface area contributed by atoms with Crippen molar-refractivity contribution < 1.29 is 24.6 Å². The molecule has 0 radical (unpaired) electrons. The molecule has 3 aromatic rings. The molecule has 9 nitrogen and oxygen atoms in total. The van der Waals surface area contributed by atoms with Crippen molar-refractivity contribution in [3.63, 3.8) is 0 Å². The van der Waals surface area contributed by atoms with Crippen molar-refractivity contribution in [2.75, 3.05) is 17.7 Å². The van der Waals surface area contributed by atoms with Crippen LogP contribution in [0.2, 0.25) is 0 Å².